The molecule has 0 aliphatic carbocycles. The Hall–Kier alpha value is -2.62. The van der Waals surface area contributed by atoms with Gasteiger partial charge in [0.1, 0.15) is 11.6 Å². The number of nitrogens with zero attached hydrogens (tertiary/aromatic N) is 5. The fraction of sp³-hybridized carbons (Fsp3) is 0.300. The third-order valence-electron chi connectivity index (χ3n) is 4.78. The van der Waals surface area contributed by atoms with Crippen LogP contribution in [0.1, 0.15) is 34.5 Å². The van der Waals surface area contributed by atoms with Crippen LogP contribution in [-0.4, -0.2) is 32.5 Å². The Kier molecular flexibility index (Phi) is 5.87. The van der Waals surface area contributed by atoms with E-state index in [1.54, 1.807) is 22.5 Å². The van der Waals surface area contributed by atoms with Gasteiger partial charge in [0.25, 0.3) is 0 Å². The van der Waals surface area contributed by atoms with Crippen LogP contribution in [0, 0.1) is 25.2 Å². The van der Waals surface area contributed by atoms with Crippen LogP contribution in [0.2, 0.25) is 10.0 Å². The Labute approximate surface area is 173 Å². The fourth-order valence-electron chi connectivity index (χ4n) is 3.19. The standard InChI is InChI=1S/C20H19Cl2N5O/c1-12-16(13(2)27-20(25-12)15(9-23)10-24-27)7-8-18(28)26(3)11-14-5-4-6-17(21)19(14)22/h4-6,10H,7-8,11H2,1-3H3. The van der Waals surface area contributed by atoms with Crippen molar-refractivity contribution in [3.63, 3.8) is 0 Å². The second-order valence-corrected chi connectivity index (χ2v) is 7.41. The summed E-state index contributed by atoms with van der Waals surface area (Å²) in [4.78, 5) is 18.8. The summed E-state index contributed by atoms with van der Waals surface area (Å²) in [5, 5.41) is 14.3. The second kappa shape index (κ2) is 8.17. The van der Waals surface area contributed by atoms with Gasteiger partial charge in [-0.1, -0.05) is 35.3 Å². The summed E-state index contributed by atoms with van der Waals surface area (Å²) in [7, 11) is 1.74. The normalized spacial score (nSPS) is 10.9. The number of hydrogen-bond acceptors (Lipinski definition) is 4. The summed E-state index contributed by atoms with van der Waals surface area (Å²) in [5.41, 5.74) is 4.43. The summed E-state index contributed by atoms with van der Waals surface area (Å²) in [5.74, 6) is -0.00637. The molecule has 0 aliphatic heterocycles. The Balaban J connectivity index is 1.74. The Morgan fingerprint density at radius 2 is 2.07 bits per heavy atom. The maximum absolute atomic E-state index is 12.6. The number of amides is 1. The molecule has 28 heavy (non-hydrogen) atoms. The summed E-state index contributed by atoms with van der Waals surface area (Å²) >= 11 is 12.3. The number of halogens is 2. The first kappa shape index (κ1) is 20.1. The molecule has 3 rings (SSSR count). The van der Waals surface area contributed by atoms with Crippen molar-refractivity contribution >= 4 is 34.8 Å². The zero-order valence-corrected chi connectivity index (χ0v) is 17.3. The highest BCUT2D eigenvalue weighted by atomic mass is 35.5. The van der Waals surface area contributed by atoms with Crippen LogP contribution < -0.4 is 0 Å². The molecular weight excluding hydrogens is 397 g/mol. The van der Waals surface area contributed by atoms with Crippen molar-refractivity contribution in [2.75, 3.05) is 7.05 Å². The number of carbonyl (C=O) groups is 1. The predicted molar refractivity (Wildman–Crippen MR) is 108 cm³/mol. The molecule has 0 fully saturated rings. The number of aromatic nitrogens is 3. The number of aryl methyl sites for hydroxylation is 2. The van der Waals surface area contributed by atoms with Crippen LogP contribution in [0.3, 0.4) is 0 Å². The Morgan fingerprint density at radius 1 is 1.32 bits per heavy atom. The van der Waals surface area contributed by atoms with Crippen LogP contribution >= 0.6 is 23.2 Å². The lowest BCUT2D eigenvalue weighted by atomic mass is 10.1. The second-order valence-electron chi connectivity index (χ2n) is 6.63. The van der Waals surface area contributed by atoms with Crippen molar-refractivity contribution in [1.82, 2.24) is 19.5 Å². The minimum atomic E-state index is -0.00637. The predicted octanol–water partition coefficient (Wildman–Crippen LogP) is 4.12. The van der Waals surface area contributed by atoms with E-state index in [1.165, 1.54) is 6.20 Å². The smallest absolute Gasteiger partial charge is 0.222 e. The maximum atomic E-state index is 12.6. The Morgan fingerprint density at radius 3 is 2.79 bits per heavy atom. The van der Waals surface area contributed by atoms with E-state index < -0.39 is 0 Å². The first-order valence-electron chi connectivity index (χ1n) is 8.74. The summed E-state index contributed by atoms with van der Waals surface area (Å²) in [6.07, 6.45) is 2.37. The average Bonchev–Trinajstić information content (AvgIpc) is 3.07. The topological polar surface area (TPSA) is 74.3 Å². The molecular formula is C20H19Cl2N5O. The molecule has 2 heterocycles. The van der Waals surface area contributed by atoms with Gasteiger partial charge in [0.05, 0.1) is 16.2 Å². The van der Waals surface area contributed by atoms with Gasteiger partial charge in [-0.2, -0.15) is 10.4 Å². The van der Waals surface area contributed by atoms with Crippen molar-refractivity contribution in [3.05, 3.63) is 62.5 Å². The van der Waals surface area contributed by atoms with Crippen molar-refractivity contribution in [2.45, 2.75) is 33.2 Å². The molecule has 1 amide bonds. The molecule has 0 atom stereocenters. The van der Waals surface area contributed by atoms with E-state index in [4.69, 9.17) is 28.5 Å². The molecule has 144 valence electrons. The third-order valence-corrected chi connectivity index (χ3v) is 5.64. The number of rotatable bonds is 5. The van der Waals surface area contributed by atoms with Gasteiger partial charge in [-0.3, -0.25) is 4.79 Å². The van der Waals surface area contributed by atoms with Gasteiger partial charge in [0.2, 0.25) is 5.91 Å². The van der Waals surface area contributed by atoms with E-state index in [0.717, 1.165) is 22.5 Å². The van der Waals surface area contributed by atoms with E-state index in [9.17, 15) is 4.79 Å². The van der Waals surface area contributed by atoms with E-state index in [-0.39, 0.29) is 5.91 Å². The van der Waals surface area contributed by atoms with E-state index >= 15 is 0 Å². The molecule has 2 aromatic heterocycles. The average molecular weight is 416 g/mol. The number of fused-ring (bicyclic) bond motifs is 1. The molecule has 3 aromatic rings. The monoisotopic (exact) mass is 415 g/mol. The maximum Gasteiger partial charge on any atom is 0.222 e. The zero-order valence-electron chi connectivity index (χ0n) is 15.8. The lowest BCUT2D eigenvalue weighted by Crippen LogP contribution is -2.26. The lowest BCUT2D eigenvalue weighted by Gasteiger charge is -2.19. The first-order valence-corrected chi connectivity index (χ1v) is 9.49. The molecule has 0 aliphatic rings. The minimum absolute atomic E-state index is 0.00637. The summed E-state index contributed by atoms with van der Waals surface area (Å²) < 4.78 is 1.65. The number of benzene rings is 1. The van der Waals surface area contributed by atoms with Crippen LogP contribution in [0.25, 0.3) is 5.65 Å². The molecule has 6 nitrogen and oxygen atoms in total. The summed E-state index contributed by atoms with van der Waals surface area (Å²) in [6.45, 7) is 4.19. The van der Waals surface area contributed by atoms with Gasteiger partial charge in [0.15, 0.2) is 5.65 Å². The first-order chi connectivity index (χ1) is 13.3. The summed E-state index contributed by atoms with van der Waals surface area (Å²) in [6, 6.07) is 7.48. The number of hydrogen-bond donors (Lipinski definition) is 0. The highest BCUT2D eigenvalue weighted by molar-refractivity contribution is 6.42. The van der Waals surface area contributed by atoms with E-state index in [1.807, 2.05) is 26.0 Å². The van der Waals surface area contributed by atoms with Gasteiger partial charge in [-0.25, -0.2) is 9.50 Å². The van der Waals surface area contributed by atoms with E-state index in [0.29, 0.717) is 40.6 Å². The third kappa shape index (κ3) is 3.82. The van der Waals surface area contributed by atoms with Gasteiger partial charge in [0, 0.05) is 31.4 Å². The van der Waals surface area contributed by atoms with Crippen molar-refractivity contribution in [3.8, 4) is 6.07 Å². The SMILES string of the molecule is Cc1nc2c(C#N)cnn2c(C)c1CCC(=O)N(C)Cc1cccc(Cl)c1Cl. The molecule has 0 radical (unpaired) electrons. The largest absolute Gasteiger partial charge is 0.341 e. The van der Waals surface area contributed by atoms with E-state index in [2.05, 4.69) is 16.2 Å². The highest BCUT2D eigenvalue weighted by Crippen LogP contribution is 2.26. The molecule has 0 spiro atoms. The van der Waals surface area contributed by atoms with Crippen LogP contribution in [0.5, 0.6) is 0 Å². The fourth-order valence-corrected chi connectivity index (χ4v) is 3.57. The van der Waals surface area contributed by atoms with Crippen molar-refractivity contribution < 1.29 is 4.79 Å². The molecule has 1 aromatic carbocycles. The number of nitriles is 1. The van der Waals surface area contributed by atoms with Crippen LogP contribution in [0.4, 0.5) is 0 Å². The number of carbonyl (C=O) groups excluding carboxylic acids is 1. The quantitative estimate of drug-likeness (QED) is 0.627. The zero-order chi connectivity index (χ0) is 20.4. The van der Waals surface area contributed by atoms with Crippen LogP contribution in [0.15, 0.2) is 24.4 Å². The lowest BCUT2D eigenvalue weighted by molar-refractivity contribution is -0.130. The molecule has 0 unspecified atom stereocenters. The van der Waals surface area contributed by atoms with Gasteiger partial charge in [-0.15, -0.1) is 0 Å². The molecule has 0 saturated carbocycles. The van der Waals surface area contributed by atoms with Gasteiger partial charge < -0.3 is 4.90 Å². The highest BCUT2D eigenvalue weighted by Gasteiger charge is 2.17. The van der Waals surface area contributed by atoms with Gasteiger partial charge in [-0.05, 0) is 37.5 Å². The molecule has 0 bridgehead atoms. The minimum Gasteiger partial charge on any atom is -0.341 e. The Bertz CT molecular complexity index is 1100. The van der Waals surface area contributed by atoms with Crippen LogP contribution in [-0.2, 0) is 17.8 Å². The molecule has 0 saturated heterocycles. The molecule has 0 N–H and O–H groups in total. The van der Waals surface area contributed by atoms with Crippen molar-refractivity contribution in [1.29, 1.82) is 5.26 Å². The molecule has 8 heteroatoms. The van der Waals surface area contributed by atoms with Gasteiger partial charge >= 0.3 is 0 Å². The van der Waals surface area contributed by atoms with Crippen molar-refractivity contribution in [2.24, 2.45) is 0 Å².